The number of H-pyrrole nitrogens is 1. The quantitative estimate of drug-likeness (QED) is 0.688. The molecule has 2 aromatic rings. The fourth-order valence-electron chi connectivity index (χ4n) is 1.89. The van der Waals surface area contributed by atoms with Crippen LogP contribution < -0.4 is 5.56 Å². The molecule has 2 heterocycles. The van der Waals surface area contributed by atoms with Gasteiger partial charge in [0.25, 0.3) is 5.56 Å². The summed E-state index contributed by atoms with van der Waals surface area (Å²) < 4.78 is 0. The van der Waals surface area contributed by atoms with Gasteiger partial charge in [-0.1, -0.05) is 23.9 Å². The minimum atomic E-state index is -0.103. The van der Waals surface area contributed by atoms with Gasteiger partial charge in [0.05, 0.1) is 16.6 Å². The van der Waals surface area contributed by atoms with Crippen molar-refractivity contribution in [2.24, 2.45) is 10.2 Å². The molecule has 0 amide bonds. The number of fused-ring (bicyclic) bond motifs is 1. The van der Waals surface area contributed by atoms with Crippen molar-refractivity contribution in [2.45, 2.75) is 18.5 Å². The molecule has 3 rings (SSSR count). The van der Waals surface area contributed by atoms with E-state index in [2.05, 4.69) is 20.2 Å². The summed E-state index contributed by atoms with van der Waals surface area (Å²) in [6.45, 7) is 1.96. The first-order valence-electron chi connectivity index (χ1n) is 5.93. The van der Waals surface area contributed by atoms with Crippen LogP contribution in [-0.4, -0.2) is 27.1 Å². The second-order valence-corrected chi connectivity index (χ2v) is 5.32. The molecule has 0 fully saturated rings. The molecule has 1 aromatic heterocycles. The molecular formula is C13H12N4OS. The third kappa shape index (κ3) is 2.58. The van der Waals surface area contributed by atoms with Crippen LogP contribution >= 0.6 is 11.8 Å². The lowest BCUT2D eigenvalue weighted by atomic mass is 10.2. The summed E-state index contributed by atoms with van der Waals surface area (Å²) in [6, 6.07) is 7.32. The predicted molar refractivity (Wildman–Crippen MR) is 78.2 cm³/mol. The van der Waals surface area contributed by atoms with Gasteiger partial charge in [-0.3, -0.25) is 4.79 Å². The Bertz CT molecular complexity index is 748. The number of hydrogen-bond donors (Lipinski definition) is 1. The number of nitrogens with one attached hydrogen (secondary N) is 1. The van der Waals surface area contributed by atoms with E-state index in [9.17, 15) is 4.79 Å². The fourth-order valence-corrected chi connectivity index (χ4v) is 2.68. The van der Waals surface area contributed by atoms with Crippen molar-refractivity contribution < 1.29 is 0 Å². The SMILES string of the molecule is CC1=NN=C(CSc2nc3ccccc3c(=O)[nH]2)C1. The van der Waals surface area contributed by atoms with Gasteiger partial charge in [-0.15, -0.1) is 0 Å². The van der Waals surface area contributed by atoms with Crippen LogP contribution in [0.4, 0.5) is 0 Å². The number of hydrogen-bond acceptors (Lipinski definition) is 5. The molecule has 19 heavy (non-hydrogen) atoms. The van der Waals surface area contributed by atoms with Crippen LogP contribution in [0.15, 0.2) is 44.4 Å². The van der Waals surface area contributed by atoms with Gasteiger partial charge >= 0.3 is 0 Å². The number of aromatic nitrogens is 2. The molecule has 1 aromatic carbocycles. The highest BCUT2D eigenvalue weighted by molar-refractivity contribution is 7.99. The van der Waals surface area contributed by atoms with Crippen LogP contribution in [0, 0.1) is 0 Å². The van der Waals surface area contributed by atoms with E-state index in [-0.39, 0.29) is 5.56 Å². The Kier molecular flexibility index (Phi) is 3.16. The van der Waals surface area contributed by atoms with E-state index in [1.54, 1.807) is 6.07 Å². The molecule has 1 aliphatic heterocycles. The van der Waals surface area contributed by atoms with Crippen molar-refractivity contribution in [3.63, 3.8) is 0 Å². The van der Waals surface area contributed by atoms with Gasteiger partial charge < -0.3 is 4.98 Å². The van der Waals surface area contributed by atoms with E-state index in [1.165, 1.54) is 11.8 Å². The van der Waals surface area contributed by atoms with Gasteiger partial charge in [0.2, 0.25) is 0 Å². The maximum absolute atomic E-state index is 11.9. The highest BCUT2D eigenvalue weighted by atomic mass is 32.2. The van der Waals surface area contributed by atoms with Crippen molar-refractivity contribution in [2.75, 3.05) is 5.75 Å². The number of rotatable bonds is 3. The average Bonchev–Trinajstić information content (AvgIpc) is 2.82. The highest BCUT2D eigenvalue weighted by Crippen LogP contribution is 2.17. The Morgan fingerprint density at radius 1 is 1.32 bits per heavy atom. The summed E-state index contributed by atoms with van der Waals surface area (Å²) >= 11 is 1.48. The van der Waals surface area contributed by atoms with Crippen LogP contribution in [0.5, 0.6) is 0 Å². The van der Waals surface area contributed by atoms with Gasteiger partial charge in [-0.05, 0) is 19.1 Å². The first kappa shape index (κ1) is 12.1. The monoisotopic (exact) mass is 272 g/mol. The van der Waals surface area contributed by atoms with E-state index < -0.39 is 0 Å². The molecule has 0 saturated carbocycles. The summed E-state index contributed by atoms with van der Waals surface area (Å²) in [4.78, 5) is 19.1. The molecular weight excluding hydrogens is 260 g/mol. The maximum Gasteiger partial charge on any atom is 0.259 e. The predicted octanol–water partition coefficient (Wildman–Crippen LogP) is 2.24. The largest absolute Gasteiger partial charge is 0.301 e. The molecule has 0 aliphatic carbocycles. The minimum Gasteiger partial charge on any atom is -0.301 e. The Labute approximate surface area is 113 Å². The second kappa shape index (κ2) is 4.97. The number of nitrogens with zero attached hydrogens (tertiary/aromatic N) is 3. The smallest absolute Gasteiger partial charge is 0.259 e. The number of para-hydroxylation sites is 1. The summed E-state index contributed by atoms with van der Waals surface area (Å²) in [5, 5.41) is 9.31. The van der Waals surface area contributed by atoms with Crippen LogP contribution in [0.3, 0.4) is 0 Å². The normalized spacial score (nSPS) is 14.6. The molecule has 0 atom stereocenters. The Morgan fingerprint density at radius 2 is 2.16 bits per heavy atom. The summed E-state index contributed by atoms with van der Waals surface area (Å²) in [6.07, 6.45) is 0.810. The molecule has 5 nitrogen and oxygen atoms in total. The van der Waals surface area contributed by atoms with E-state index in [0.717, 1.165) is 23.4 Å². The zero-order chi connectivity index (χ0) is 13.2. The van der Waals surface area contributed by atoms with Crippen LogP contribution in [-0.2, 0) is 0 Å². The topological polar surface area (TPSA) is 70.5 Å². The Morgan fingerprint density at radius 3 is 2.95 bits per heavy atom. The summed E-state index contributed by atoms with van der Waals surface area (Å²) in [7, 11) is 0. The van der Waals surface area contributed by atoms with Crippen molar-refractivity contribution in [1.29, 1.82) is 0 Å². The molecule has 0 radical (unpaired) electrons. The summed E-state index contributed by atoms with van der Waals surface area (Å²) in [5.74, 6) is 0.697. The first-order valence-corrected chi connectivity index (χ1v) is 6.91. The standard InChI is InChI=1S/C13H12N4OS/c1-8-6-9(17-16-8)7-19-13-14-11-5-3-2-4-10(11)12(18)15-13/h2-5H,6-7H2,1H3,(H,14,15,18). The fraction of sp³-hybridized carbons (Fsp3) is 0.231. The third-order valence-corrected chi connectivity index (χ3v) is 3.73. The van der Waals surface area contributed by atoms with Gasteiger partial charge in [0, 0.05) is 17.9 Å². The van der Waals surface area contributed by atoms with Gasteiger partial charge in [-0.25, -0.2) is 4.98 Å². The van der Waals surface area contributed by atoms with Crippen LogP contribution in [0.25, 0.3) is 10.9 Å². The zero-order valence-corrected chi connectivity index (χ0v) is 11.2. The average molecular weight is 272 g/mol. The molecule has 0 unspecified atom stereocenters. The van der Waals surface area contributed by atoms with Crippen molar-refractivity contribution >= 4 is 34.1 Å². The van der Waals surface area contributed by atoms with Crippen LogP contribution in [0.2, 0.25) is 0 Å². The molecule has 1 aliphatic rings. The lowest BCUT2D eigenvalue weighted by Gasteiger charge is -2.02. The zero-order valence-electron chi connectivity index (χ0n) is 10.4. The van der Waals surface area contributed by atoms with Crippen LogP contribution in [0.1, 0.15) is 13.3 Å². The Hall–Kier alpha value is -1.95. The molecule has 0 saturated heterocycles. The Balaban J connectivity index is 1.80. The van der Waals surface area contributed by atoms with Gasteiger partial charge in [-0.2, -0.15) is 10.2 Å². The van der Waals surface area contributed by atoms with Crippen molar-refractivity contribution in [3.05, 3.63) is 34.6 Å². The molecule has 0 spiro atoms. The van der Waals surface area contributed by atoms with E-state index >= 15 is 0 Å². The van der Waals surface area contributed by atoms with Gasteiger partial charge in [0.15, 0.2) is 5.16 Å². The first-order chi connectivity index (χ1) is 9.22. The highest BCUT2D eigenvalue weighted by Gasteiger charge is 2.10. The maximum atomic E-state index is 11.9. The molecule has 96 valence electrons. The number of benzene rings is 1. The molecule has 6 heteroatoms. The van der Waals surface area contributed by atoms with Crippen molar-refractivity contribution in [3.8, 4) is 0 Å². The van der Waals surface area contributed by atoms with Gasteiger partial charge in [0.1, 0.15) is 0 Å². The molecule has 1 N–H and O–H groups in total. The van der Waals surface area contributed by atoms with E-state index in [1.807, 2.05) is 25.1 Å². The minimum absolute atomic E-state index is 0.103. The molecule has 0 bridgehead atoms. The van der Waals surface area contributed by atoms with Crippen molar-refractivity contribution in [1.82, 2.24) is 9.97 Å². The number of thioether (sulfide) groups is 1. The second-order valence-electron chi connectivity index (χ2n) is 4.36. The number of aromatic amines is 1. The van der Waals surface area contributed by atoms with E-state index in [0.29, 0.717) is 16.3 Å². The lowest BCUT2D eigenvalue weighted by molar-refractivity contribution is 0.976. The lowest BCUT2D eigenvalue weighted by Crippen LogP contribution is -2.10. The van der Waals surface area contributed by atoms with E-state index in [4.69, 9.17) is 0 Å². The third-order valence-electron chi connectivity index (χ3n) is 2.79. The summed E-state index contributed by atoms with van der Waals surface area (Å²) in [5.41, 5.74) is 2.65.